The first kappa shape index (κ1) is 6.54. The first-order valence-corrected chi connectivity index (χ1v) is 3.55. The number of hydrogen-bond donors (Lipinski definition) is 2. The Kier molecular flexibility index (Phi) is 1.29. The van der Waals surface area contributed by atoms with E-state index >= 15 is 0 Å². The van der Waals surface area contributed by atoms with E-state index in [1.807, 2.05) is 0 Å². The molecule has 11 heavy (non-hydrogen) atoms. The highest BCUT2D eigenvalue weighted by Crippen LogP contribution is 2.55. The summed E-state index contributed by atoms with van der Waals surface area (Å²) < 4.78 is 9.68. The van der Waals surface area contributed by atoms with Gasteiger partial charge in [0.05, 0.1) is 5.56 Å². The van der Waals surface area contributed by atoms with E-state index in [2.05, 4.69) is 0 Å². The van der Waals surface area contributed by atoms with Crippen LogP contribution >= 0.6 is 0 Å². The van der Waals surface area contributed by atoms with E-state index in [9.17, 15) is 0 Å². The molecule has 1 aromatic heterocycles. The molecule has 0 fully saturated rings. The maximum absolute atomic E-state index is 9.11. The molecular weight excluding hydrogens is 146 g/mol. The lowest BCUT2D eigenvalue weighted by molar-refractivity contribution is 0.298. The van der Waals surface area contributed by atoms with Gasteiger partial charge < -0.3 is 20.0 Å². The molecule has 1 aliphatic rings. The summed E-state index contributed by atoms with van der Waals surface area (Å²) in [5, 5.41) is 9.11. The average molecular weight is 155 g/mol. The first-order valence-electron chi connectivity index (χ1n) is 3.55. The molecule has 0 aromatic carbocycles. The predicted octanol–water partition coefficient (Wildman–Crippen LogP) is 0.982. The second-order valence-electron chi connectivity index (χ2n) is 2.50. The van der Waals surface area contributed by atoms with Gasteiger partial charge in [-0.15, -0.1) is 0 Å². The van der Waals surface area contributed by atoms with Crippen molar-refractivity contribution in [1.29, 1.82) is 0 Å². The lowest BCUT2D eigenvalue weighted by atomic mass is 10.2. The van der Waals surface area contributed by atoms with Crippen molar-refractivity contribution < 1.29 is 14.3 Å². The number of furan rings is 1. The van der Waals surface area contributed by atoms with Crippen molar-refractivity contribution >= 4 is 0 Å². The molecule has 1 aromatic rings. The van der Waals surface area contributed by atoms with Crippen LogP contribution < -0.4 is 10.5 Å². The van der Waals surface area contributed by atoms with Gasteiger partial charge in [0.25, 0.3) is 5.95 Å². The summed E-state index contributed by atoms with van der Waals surface area (Å²) in [5.41, 5.74) is 6.06. The van der Waals surface area contributed by atoms with Gasteiger partial charge >= 0.3 is 5.95 Å². The first-order chi connectivity index (χ1) is 5.33. The smallest absolute Gasteiger partial charge is 0.338 e. The second-order valence-corrected chi connectivity index (χ2v) is 2.50. The third-order valence-corrected chi connectivity index (χ3v) is 1.69. The van der Waals surface area contributed by atoms with Crippen molar-refractivity contribution in [3.63, 3.8) is 0 Å². The van der Waals surface area contributed by atoms with Crippen molar-refractivity contribution in [3.05, 3.63) is 5.56 Å². The van der Waals surface area contributed by atoms with E-state index in [-0.39, 0.29) is 5.95 Å². The van der Waals surface area contributed by atoms with Gasteiger partial charge in [0.15, 0.2) is 0 Å². The Balaban J connectivity index is 2.12. The SMILES string of the molecule is NCCCc1c(O)oc2c1O2. The summed E-state index contributed by atoms with van der Waals surface area (Å²) in [7, 11) is 0. The second kappa shape index (κ2) is 2.17. The molecule has 0 unspecified atom stereocenters. The summed E-state index contributed by atoms with van der Waals surface area (Å²) in [4.78, 5) is 0. The Morgan fingerprint density at radius 2 is 2.27 bits per heavy atom. The molecule has 2 heterocycles. The fourth-order valence-electron chi connectivity index (χ4n) is 1.06. The summed E-state index contributed by atoms with van der Waals surface area (Å²) >= 11 is 0. The minimum Gasteiger partial charge on any atom is -0.480 e. The van der Waals surface area contributed by atoms with Crippen LogP contribution in [-0.2, 0) is 6.42 Å². The molecule has 0 aliphatic carbocycles. The molecule has 0 atom stereocenters. The van der Waals surface area contributed by atoms with E-state index in [0.29, 0.717) is 18.2 Å². The molecule has 0 radical (unpaired) electrons. The average Bonchev–Trinajstić information content (AvgIpc) is 2.64. The molecule has 60 valence electrons. The molecule has 4 heteroatoms. The number of hydrogen-bond acceptors (Lipinski definition) is 4. The van der Waals surface area contributed by atoms with Crippen molar-refractivity contribution in [2.24, 2.45) is 5.73 Å². The van der Waals surface area contributed by atoms with Gasteiger partial charge in [0.1, 0.15) is 0 Å². The molecule has 0 saturated heterocycles. The molecule has 3 N–H and O–H groups in total. The van der Waals surface area contributed by atoms with Crippen LogP contribution in [0.25, 0.3) is 0 Å². The maximum Gasteiger partial charge on any atom is 0.338 e. The van der Waals surface area contributed by atoms with Crippen LogP contribution in [0, 0.1) is 0 Å². The Morgan fingerprint density at radius 3 is 2.82 bits per heavy atom. The Bertz CT molecular complexity index is 276. The molecular formula is C7H9NO3. The zero-order chi connectivity index (χ0) is 7.84. The normalized spacial score (nSPS) is 12.5. The third-order valence-electron chi connectivity index (χ3n) is 1.69. The van der Waals surface area contributed by atoms with Gasteiger partial charge in [-0.05, 0) is 19.4 Å². The highest BCUT2D eigenvalue weighted by molar-refractivity contribution is 5.57. The monoisotopic (exact) mass is 155 g/mol. The summed E-state index contributed by atoms with van der Waals surface area (Å²) in [5.74, 6) is 1.14. The van der Waals surface area contributed by atoms with Crippen LogP contribution in [0.15, 0.2) is 4.42 Å². The molecule has 0 bridgehead atoms. The van der Waals surface area contributed by atoms with Gasteiger partial charge in [-0.3, -0.25) is 0 Å². The van der Waals surface area contributed by atoms with E-state index in [4.69, 9.17) is 20.0 Å². The van der Waals surface area contributed by atoms with Crippen molar-refractivity contribution in [2.75, 3.05) is 6.54 Å². The zero-order valence-corrected chi connectivity index (χ0v) is 5.96. The van der Waals surface area contributed by atoms with Crippen LogP contribution in [0.5, 0.6) is 17.6 Å². The number of fused-ring (bicyclic) bond motifs is 1. The lowest BCUT2D eigenvalue weighted by Crippen LogP contribution is -1.99. The minimum absolute atomic E-state index is 0.0188. The van der Waals surface area contributed by atoms with E-state index in [0.717, 1.165) is 18.4 Å². The van der Waals surface area contributed by atoms with Crippen LogP contribution in [0.2, 0.25) is 0 Å². The topological polar surface area (TPSA) is 71.9 Å². The lowest BCUT2D eigenvalue weighted by Gasteiger charge is -1.94. The summed E-state index contributed by atoms with van der Waals surface area (Å²) in [6.45, 7) is 0.611. The van der Waals surface area contributed by atoms with Gasteiger partial charge in [0.2, 0.25) is 5.75 Å². The standard InChI is InChI=1S/C7H9NO3/c8-3-1-2-4-5-7(10-5)11-6(4)9/h9H,1-3,8H2. The third kappa shape index (κ3) is 0.952. The van der Waals surface area contributed by atoms with Crippen molar-refractivity contribution in [1.82, 2.24) is 0 Å². The number of aromatic hydroxyl groups is 1. The maximum atomic E-state index is 9.11. The van der Waals surface area contributed by atoms with Gasteiger partial charge in [0, 0.05) is 0 Å². The Morgan fingerprint density at radius 1 is 1.45 bits per heavy atom. The Hall–Kier alpha value is -1.16. The predicted molar refractivity (Wildman–Crippen MR) is 37.8 cm³/mol. The molecule has 0 spiro atoms. The molecule has 0 saturated carbocycles. The van der Waals surface area contributed by atoms with Crippen molar-refractivity contribution in [2.45, 2.75) is 12.8 Å². The fourth-order valence-corrected chi connectivity index (χ4v) is 1.06. The summed E-state index contributed by atoms with van der Waals surface area (Å²) in [6, 6.07) is 0. The van der Waals surface area contributed by atoms with Gasteiger partial charge in [-0.1, -0.05) is 0 Å². The Labute approximate surface area is 63.6 Å². The van der Waals surface area contributed by atoms with Crippen LogP contribution in [0.1, 0.15) is 12.0 Å². The molecule has 2 rings (SSSR count). The van der Waals surface area contributed by atoms with Gasteiger partial charge in [-0.25, -0.2) is 0 Å². The fraction of sp³-hybridized carbons (Fsp3) is 0.429. The minimum atomic E-state index is -0.0188. The van der Waals surface area contributed by atoms with Crippen molar-refractivity contribution in [3.8, 4) is 17.6 Å². The number of ether oxygens (including phenoxy) is 1. The highest BCUT2D eigenvalue weighted by Gasteiger charge is 2.34. The zero-order valence-electron chi connectivity index (χ0n) is 5.96. The molecule has 1 aliphatic heterocycles. The van der Waals surface area contributed by atoms with E-state index < -0.39 is 0 Å². The number of nitrogens with two attached hydrogens (primary N) is 1. The van der Waals surface area contributed by atoms with Crippen LogP contribution in [0.4, 0.5) is 0 Å². The van der Waals surface area contributed by atoms with E-state index in [1.54, 1.807) is 0 Å². The molecule has 4 nitrogen and oxygen atoms in total. The largest absolute Gasteiger partial charge is 0.480 e. The quantitative estimate of drug-likeness (QED) is 0.648. The number of rotatable bonds is 3. The van der Waals surface area contributed by atoms with Crippen LogP contribution in [0.3, 0.4) is 0 Å². The highest BCUT2D eigenvalue weighted by atomic mass is 16.7. The summed E-state index contributed by atoms with van der Waals surface area (Å²) in [6.07, 6.45) is 1.56. The van der Waals surface area contributed by atoms with Crippen LogP contribution in [-0.4, -0.2) is 11.7 Å². The van der Waals surface area contributed by atoms with E-state index in [1.165, 1.54) is 0 Å². The molecule has 0 amide bonds. The van der Waals surface area contributed by atoms with Gasteiger partial charge in [-0.2, -0.15) is 0 Å².